The van der Waals surface area contributed by atoms with Crippen molar-refractivity contribution in [2.75, 3.05) is 5.75 Å². The van der Waals surface area contributed by atoms with Crippen LogP contribution in [0.2, 0.25) is 0 Å². The third-order valence-corrected chi connectivity index (χ3v) is 11.4. The molecule has 0 aromatic rings. The molecule has 33 heavy (non-hydrogen) atoms. The van der Waals surface area contributed by atoms with E-state index in [2.05, 4.69) is 13.8 Å². The summed E-state index contributed by atoms with van der Waals surface area (Å²) in [6, 6.07) is 0. The van der Waals surface area contributed by atoms with Crippen LogP contribution in [0.5, 0.6) is 0 Å². The molecule has 0 aromatic carbocycles. The largest absolute Gasteiger partial charge is 0.299 e. The van der Waals surface area contributed by atoms with Crippen LogP contribution in [0.3, 0.4) is 0 Å². The van der Waals surface area contributed by atoms with Crippen molar-refractivity contribution in [1.82, 2.24) is 0 Å². The van der Waals surface area contributed by atoms with Gasteiger partial charge in [-0.15, -0.1) is 0 Å². The summed E-state index contributed by atoms with van der Waals surface area (Å²) < 4.78 is 34.4. The average Bonchev–Trinajstić information content (AvgIpc) is 3.02. The van der Waals surface area contributed by atoms with Gasteiger partial charge in [-0.1, -0.05) is 38.0 Å². The van der Waals surface area contributed by atoms with Crippen LogP contribution in [0, 0.1) is 40.4 Å². The van der Waals surface area contributed by atoms with E-state index < -0.39 is 27.3 Å². The van der Waals surface area contributed by atoms with Gasteiger partial charge in [0, 0.05) is 12.6 Å². The Hall–Kier alpha value is -1.27. The number of rotatable bonds is 3. The average molecular weight is 474 g/mol. The predicted octanol–water partition coefficient (Wildman–Crippen LogP) is 5.43. The smallest absolute Gasteiger partial charge is 0.267 e. The lowest BCUT2D eigenvalue weighted by atomic mass is 9.42. The van der Waals surface area contributed by atoms with E-state index in [0.717, 1.165) is 36.7 Å². The lowest BCUT2D eigenvalue weighted by Gasteiger charge is -2.62. The highest BCUT2D eigenvalue weighted by molar-refractivity contribution is 7.85. The Labute approximate surface area is 199 Å². The fourth-order valence-corrected chi connectivity index (χ4v) is 10.2. The molecule has 8 atom stereocenters. The van der Waals surface area contributed by atoms with E-state index in [0.29, 0.717) is 17.8 Å². The Morgan fingerprint density at radius 1 is 1.06 bits per heavy atom. The Bertz CT molecular complexity index is 1030. The van der Waals surface area contributed by atoms with Gasteiger partial charge in [0.2, 0.25) is 0 Å². The van der Waals surface area contributed by atoms with Crippen molar-refractivity contribution < 1.29 is 17.8 Å². The number of ketones is 1. The lowest BCUT2D eigenvalue weighted by molar-refractivity contribution is -0.153. The van der Waals surface area contributed by atoms with Crippen LogP contribution < -0.4 is 0 Å². The van der Waals surface area contributed by atoms with Crippen LogP contribution in [0.4, 0.5) is 0 Å². The van der Waals surface area contributed by atoms with Gasteiger partial charge in [0.15, 0.2) is 0 Å². The predicted molar refractivity (Wildman–Crippen MR) is 131 cm³/mol. The van der Waals surface area contributed by atoms with E-state index in [1.165, 1.54) is 32.1 Å². The summed E-state index contributed by atoms with van der Waals surface area (Å²) in [4.78, 5) is 18.3. The maximum absolute atomic E-state index is 13.6. The van der Waals surface area contributed by atoms with Gasteiger partial charge in [-0.05, 0) is 92.4 Å². The summed E-state index contributed by atoms with van der Waals surface area (Å²) in [5.74, 6) is 1.25. The Morgan fingerprint density at radius 2 is 1.85 bits per heavy atom. The first-order valence-corrected chi connectivity index (χ1v) is 14.5. The summed E-state index contributed by atoms with van der Waals surface area (Å²) in [6.07, 6.45) is 17.1. The van der Waals surface area contributed by atoms with E-state index in [1.807, 2.05) is 19.1 Å². The third kappa shape index (κ3) is 3.80. The summed E-state index contributed by atoms with van der Waals surface area (Å²) in [7, 11) is -4.33. The van der Waals surface area contributed by atoms with Crippen molar-refractivity contribution >= 4 is 22.1 Å². The molecule has 4 aliphatic carbocycles. The molecule has 6 heteroatoms. The van der Waals surface area contributed by atoms with Crippen molar-refractivity contribution in [1.29, 1.82) is 0 Å². The molecule has 5 rings (SSSR count). The van der Waals surface area contributed by atoms with Gasteiger partial charge in [-0.25, -0.2) is 0 Å². The summed E-state index contributed by atoms with van der Waals surface area (Å²) in [6.45, 7) is 6.81. The number of aliphatic imine (C=N–C) groups is 1. The van der Waals surface area contributed by atoms with E-state index in [9.17, 15) is 17.8 Å². The van der Waals surface area contributed by atoms with E-state index in [4.69, 9.17) is 4.99 Å². The van der Waals surface area contributed by atoms with Gasteiger partial charge in [0.25, 0.3) is 10.1 Å². The molecule has 5 aliphatic rings. The van der Waals surface area contributed by atoms with Crippen LogP contribution in [0.15, 0.2) is 28.8 Å². The number of carbonyl (C=O) groups excluding carboxylic acids is 1. The zero-order chi connectivity index (χ0) is 23.6. The zero-order valence-electron chi connectivity index (χ0n) is 20.3. The number of nitrogens with zero attached hydrogens (tertiary/aromatic N) is 1. The second-order valence-corrected chi connectivity index (χ2v) is 13.8. The van der Waals surface area contributed by atoms with Gasteiger partial charge >= 0.3 is 0 Å². The highest BCUT2D eigenvalue weighted by Gasteiger charge is 2.63. The van der Waals surface area contributed by atoms with Gasteiger partial charge in [-0.3, -0.25) is 14.3 Å². The topological polar surface area (TPSA) is 83.8 Å². The van der Waals surface area contributed by atoms with Crippen LogP contribution in [0.25, 0.3) is 0 Å². The van der Waals surface area contributed by atoms with Crippen LogP contribution in [-0.2, 0) is 14.9 Å². The zero-order valence-corrected chi connectivity index (χ0v) is 21.1. The second kappa shape index (κ2) is 7.87. The molecule has 0 saturated heterocycles. The number of hydrogen-bond donors (Lipinski definition) is 1. The molecule has 5 nitrogen and oxygen atoms in total. The lowest BCUT2D eigenvalue weighted by Crippen LogP contribution is -2.60. The third-order valence-electron chi connectivity index (χ3n) is 10.6. The van der Waals surface area contributed by atoms with Crippen LogP contribution >= 0.6 is 0 Å². The Morgan fingerprint density at radius 3 is 2.61 bits per heavy atom. The molecule has 3 unspecified atom stereocenters. The molecule has 0 spiro atoms. The fourth-order valence-electron chi connectivity index (χ4n) is 9.28. The molecular weight excluding hydrogens is 434 g/mol. The minimum absolute atomic E-state index is 0.00856. The first kappa shape index (κ1) is 23.5. The molecule has 1 N–H and O–H groups in total. The molecule has 0 bridgehead atoms. The summed E-state index contributed by atoms with van der Waals surface area (Å²) in [5, 5.41) is 0. The molecule has 0 amide bonds. The molecular formula is C27H39NO4S. The number of fused-ring (bicyclic) bond motifs is 5. The SMILES string of the molecule is CC1=CC(CS(=O)(=O)O)(C2C(=O)CC[C@@]3(C)C2CC[C@H]2[C@@H]4CCC[C@@]4(C)CC[C@@H]23)N=CC=C1. The number of allylic oxidation sites excluding steroid dienone is 3. The molecule has 0 radical (unpaired) electrons. The van der Waals surface area contributed by atoms with Crippen molar-refractivity contribution in [2.45, 2.75) is 84.1 Å². The molecule has 4 fully saturated rings. The van der Waals surface area contributed by atoms with E-state index >= 15 is 0 Å². The highest BCUT2D eigenvalue weighted by atomic mass is 32.2. The van der Waals surface area contributed by atoms with E-state index in [-0.39, 0.29) is 17.1 Å². The van der Waals surface area contributed by atoms with Crippen molar-refractivity contribution in [3.63, 3.8) is 0 Å². The molecule has 1 heterocycles. The minimum atomic E-state index is -4.33. The second-order valence-electron chi connectivity index (χ2n) is 12.3. The molecule has 0 aromatic heterocycles. The van der Waals surface area contributed by atoms with Gasteiger partial charge in [-0.2, -0.15) is 8.42 Å². The Kier molecular flexibility index (Phi) is 5.60. The maximum Gasteiger partial charge on any atom is 0.267 e. The normalized spacial score (nSPS) is 47.3. The van der Waals surface area contributed by atoms with Crippen LogP contribution in [0.1, 0.15) is 78.6 Å². The molecule has 182 valence electrons. The van der Waals surface area contributed by atoms with Gasteiger partial charge in [0.1, 0.15) is 17.1 Å². The van der Waals surface area contributed by atoms with Crippen LogP contribution in [-0.4, -0.2) is 36.3 Å². The van der Waals surface area contributed by atoms with E-state index in [1.54, 1.807) is 12.3 Å². The van der Waals surface area contributed by atoms with Gasteiger partial charge < -0.3 is 0 Å². The highest BCUT2D eigenvalue weighted by Crippen LogP contribution is 2.67. The summed E-state index contributed by atoms with van der Waals surface area (Å²) in [5.41, 5.74) is 0.129. The Balaban J connectivity index is 1.57. The quantitative estimate of drug-likeness (QED) is 0.554. The standard InChI is InChI=1S/C27H39NO4S/c1-18-6-5-15-28-27(16-18,17-33(30,31)32)24-22-9-8-19-20-7-4-12-25(20,2)13-10-21(19)26(22,3)14-11-23(24)29/h5-6,15-16,19-22,24H,4,7-14,17H2,1-3H3,(H,30,31,32)/t19-,20-,21-,22?,24?,25-,26+,27?/m0/s1. The first-order chi connectivity index (χ1) is 15.5. The first-order valence-electron chi connectivity index (χ1n) is 12.9. The van der Waals surface area contributed by atoms with Crippen molar-refractivity contribution in [3.8, 4) is 0 Å². The maximum atomic E-state index is 13.6. The fraction of sp³-hybridized carbons (Fsp3) is 0.778. The minimum Gasteiger partial charge on any atom is -0.299 e. The number of Topliss-reactive ketones (excluding diaryl/α,β-unsaturated/α-hetero) is 1. The monoisotopic (exact) mass is 473 g/mol. The van der Waals surface area contributed by atoms with Gasteiger partial charge in [0.05, 0.1) is 5.92 Å². The van der Waals surface area contributed by atoms with Crippen molar-refractivity contribution in [2.24, 2.45) is 45.4 Å². The summed E-state index contributed by atoms with van der Waals surface area (Å²) >= 11 is 0. The molecule has 4 saturated carbocycles. The van der Waals surface area contributed by atoms with Crippen molar-refractivity contribution in [3.05, 3.63) is 23.8 Å². The number of hydrogen-bond acceptors (Lipinski definition) is 4. The molecule has 1 aliphatic heterocycles. The number of carbonyl (C=O) groups is 1.